The number of carbonyl (C=O) groups excluding carboxylic acids is 1. The predicted molar refractivity (Wildman–Crippen MR) is 75.3 cm³/mol. The lowest BCUT2D eigenvalue weighted by atomic mass is 10.0. The van der Waals surface area contributed by atoms with Crippen molar-refractivity contribution in [1.29, 1.82) is 0 Å². The zero-order valence-electron chi connectivity index (χ0n) is 10.7. The van der Waals surface area contributed by atoms with Crippen molar-refractivity contribution >= 4 is 23.2 Å². The number of nitrogens with one attached hydrogen (secondary N) is 1. The number of aryl methyl sites for hydroxylation is 1. The van der Waals surface area contributed by atoms with Crippen LogP contribution in [0.5, 0.6) is 0 Å². The number of halogens is 1. The van der Waals surface area contributed by atoms with E-state index in [0.717, 1.165) is 11.1 Å². The van der Waals surface area contributed by atoms with E-state index in [2.05, 4.69) is 15.3 Å². The number of hydrogen-bond acceptors (Lipinski definition) is 3. The molecule has 0 fully saturated rings. The van der Waals surface area contributed by atoms with Crippen LogP contribution in [0.1, 0.15) is 24.0 Å². The van der Waals surface area contributed by atoms with Crippen molar-refractivity contribution in [2.45, 2.75) is 19.8 Å². The van der Waals surface area contributed by atoms with E-state index in [1.54, 1.807) is 30.9 Å². The first kappa shape index (κ1) is 13.5. The van der Waals surface area contributed by atoms with Crippen LogP contribution < -0.4 is 5.32 Å². The van der Waals surface area contributed by atoms with Crippen molar-refractivity contribution in [1.82, 2.24) is 9.97 Å². The summed E-state index contributed by atoms with van der Waals surface area (Å²) in [5.74, 6) is -0.439. The monoisotopic (exact) mass is 275 g/mol. The second kappa shape index (κ2) is 5.80. The molecule has 2 aromatic heterocycles. The van der Waals surface area contributed by atoms with Gasteiger partial charge in [0.05, 0.1) is 22.8 Å². The summed E-state index contributed by atoms with van der Waals surface area (Å²) in [5.41, 5.74) is 2.47. The Labute approximate surface area is 116 Å². The van der Waals surface area contributed by atoms with E-state index in [1.807, 2.05) is 19.9 Å². The molecule has 0 aliphatic heterocycles. The number of rotatable bonds is 3. The molecule has 1 N–H and O–H groups in total. The summed E-state index contributed by atoms with van der Waals surface area (Å²) < 4.78 is 0. The number of pyridine rings is 2. The molecule has 0 unspecified atom stereocenters. The molecule has 0 aliphatic rings. The molecule has 0 radical (unpaired) electrons. The molecule has 2 rings (SSSR count). The highest BCUT2D eigenvalue weighted by molar-refractivity contribution is 6.30. The Balaban J connectivity index is 2.14. The van der Waals surface area contributed by atoms with Gasteiger partial charge in [0.1, 0.15) is 0 Å². The Bertz CT molecular complexity index is 601. The van der Waals surface area contributed by atoms with Crippen molar-refractivity contribution < 1.29 is 4.79 Å². The van der Waals surface area contributed by atoms with Gasteiger partial charge in [0.25, 0.3) is 0 Å². The number of carbonyl (C=O) groups is 1. The Morgan fingerprint density at radius 2 is 2.11 bits per heavy atom. The number of anilines is 1. The molecule has 0 aromatic carbocycles. The summed E-state index contributed by atoms with van der Waals surface area (Å²) in [6.45, 7) is 3.73. The van der Waals surface area contributed by atoms with Gasteiger partial charge in [-0.25, -0.2) is 0 Å². The van der Waals surface area contributed by atoms with Gasteiger partial charge >= 0.3 is 0 Å². The van der Waals surface area contributed by atoms with Crippen molar-refractivity contribution in [3.63, 3.8) is 0 Å². The summed E-state index contributed by atoms with van der Waals surface area (Å²) in [6.07, 6.45) is 6.51. The third-order valence-electron chi connectivity index (χ3n) is 2.92. The summed E-state index contributed by atoms with van der Waals surface area (Å²) in [4.78, 5) is 20.2. The maximum Gasteiger partial charge on any atom is 0.231 e. The fraction of sp³-hybridized carbons (Fsp3) is 0.214. The second-order valence-corrected chi connectivity index (χ2v) is 4.77. The molecular weight excluding hydrogens is 262 g/mol. The minimum Gasteiger partial charge on any atom is -0.324 e. The van der Waals surface area contributed by atoms with Gasteiger partial charge in [-0.2, -0.15) is 0 Å². The van der Waals surface area contributed by atoms with Gasteiger partial charge in [-0.05, 0) is 37.1 Å². The zero-order chi connectivity index (χ0) is 13.8. The summed E-state index contributed by atoms with van der Waals surface area (Å²) in [5, 5.41) is 3.38. The van der Waals surface area contributed by atoms with E-state index in [0.29, 0.717) is 10.7 Å². The highest BCUT2D eigenvalue weighted by atomic mass is 35.5. The highest BCUT2D eigenvalue weighted by Crippen LogP contribution is 2.20. The van der Waals surface area contributed by atoms with E-state index >= 15 is 0 Å². The minimum absolute atomic E-state index is 0.111. The molecule has 4 nitrogen and oxygen atoms in total. The van der Waals surface area contributed by atoms with Gasteiger partial charge < -0.3 is 5.32 Å². The number of nitrogens with zero attached hydrogens (tertiary/aromatic N) is 2. The summed E-state index contributed by atoms with van der Waals surface area (Å²) >= 11 is 5.87. The molecule has 0 spiro atoms. The van der Waals surface area contributed by atoms with Crippen molar-refractivity contribution in [3.8, 4) is 0 Å². The summed E-state index contributed by atoms with van der Waals surface area (Å²) in [7, 11) is 0. The molecular formula is C14H14ClN3O. The van der Waals surface area contributed by atoms with Crippen LogP contribution in [-0.4, -0.2) is 15.9 Å². The van der Waals surface area contributed by atoms with Gasteiger partial charge in [-0.15, -0.1) is 0 Å². The number of aromatic nitrogens is 2. The van der Waals surface area contributed by atoms with E-state index in [9.17, 15) is 4.79 Å². The third-order valence-corrected chi connectivity index (χ3v) is 3.12. The van der Waals surface area contributed by atoms with E-state index < -0.39 is 0 Å². The molecule has 0 aliphatic carbocycles. The van der Waals surface area contributed by atoms with Gasteiger partial charge in [-0.3, -0.25) is 14.8 Å². The third kappa shape index (κ3) is 3.29. The van der Waals surface area contributed by atoms with Gasteiger partial charge in [0, 0.05) is 18.6 Å². The highest BCUT2D eigenvalue weighted by Gasteiger charge is 2.16. The van der Waals surface area contributed by atoms with Crippen LogP contribution in [0.2, 0.25) is 5.02 Å². The lowest BCUT2D eigenvalue weighted by Gasteiger charge is -2.13. The maximum atomic E-state index is 12.2. The minimum atomic E-state index is -0.328. The van der Waals surface area contributed by atoms with Crippen LogP contribution in [0.4, 0.5) is 5.69 Å². The first-order valence-corrected chi connectivity index (χ1v) is 6.27. The van der Waals surface area contributed by atoms with Crippen LogP contribution in [-0.2, 0) is 4.79 Å². The molecule has 1 atom stereocenters. The quantitative estimate of drug-likeness (QED) is 0.936. The molecule has 0 bridgehead atoms. The molecule has 2 aromatic rings. The molecule has 19 heavy (non-hydrogen) atoms. The fourth-order valence-electron chi connectivity index (χ4n) is 1.65. The van der Waals surface area contributed by atoms with Crippen LogP contribution in [0.15, 0.2) is 36.9 Å². The first-order chi connectivity index (χ1) is 9.08. The van der Waals surface area contributed by atoms with Crippen LogP contribution in [0.25, 0.3) is 0 Å². The summed E-state index contributed by atoms with van der Waals surface area (Å²) in [6, 6.07) is 3.59. The molecule has 0 saturated heterocycles. The Morgan fingerprint density at radius 3 is 2.79 bits per heavy atom. The lowest BCUT2D eigenvalue weighted by Crippen LogP contribution is -2.19. The topological polar surface area (TPSA) is 54.9 Å². The molecule has 98 valence electrons. The first-order valence-electron chi connectivity index (χ1n) is 5.90. The van der Waals surface area contributed by atoms with Crippen LogP contribution >= 0.6 is 11.6 Å². The fourth-order valence-corrected chi connectivity index (χ4v) is 1.83. The van der Waals surface area contributed by atoms with Gasteiger partial charge in [0.2, 0.25) is 5.91 Å². The zero-order valence-corrected chi connectivity index (χ0v) is 11.5. The normalized spacial score (nSPS) is 11.9. The average Bonchev–Trinajstić information content (AvgIpc) is 2.40. The van der Waals surface area contributed by atoms with Gasteiger partial charge in [0.15, 0.2) is 0 Å². The SMILES string of the molecule is Cc1ccncc1NC(=O)[C@H](C)c1cncc(Cl)c1. The van der Waals surface area contributed by atoms with Crippen LogP contribution in [0, 0.1) is 6.92 Å². The number of amides is 1. The smallest absolute Gasteiger partial charge is 0.231 e. The lowest BCUT2D eigenvalue weighted by molar-refractivity contribution is -0.117. The molecule has 2 heterocycles. The van der Waals surface area contributed by atoms with E-state index in [1.165, 1.54) is 0 Å². The van der Waals surface area contributed by atoms with Crippen molar-refractivity contribution in [3.05, 3.63) is 53.1 Å². The van der Waals surface area contributed by atoms with Crippen LogP contribution in [0.3, 0.4) is 0 Å². The Hall–Kier alpha value is -1.94. The average molecular weight is 276 g/mol. The maximum absolute atomic E-state index is 12.2. The predicted octanol–water partition coefficient (Wildman–Crippen LogP) is 3.18. The van der Waals surface area contributed by atoms with Crippen molar-refractivity contribution in [2.75, 3.05) is 5.32 Å². The molecule has 1 amide bonds. The second-order valence-electron chi connectivity index (χ2n) is 4.34. The van der Waals surface area contributed by atoms with E-state index in [-0.39, 0.29) is 11.8 Å². The molecule has 0 saturated carbocycles. The largest absolute Gasteiger partial charge is 0.324 e. The number of hydrogen-bond donors (Lipinski definition) is 1. The van der Waals surface area contributed by atoms with Gasteiger partial charge in [-0.1, -0.05) is 11.6 Å². The standard InChI is InChI=1S/C14H14ClN3O/c1-9-3-4-16-8-13(9)18-14(19)10(2)11-5-12(15)7-17-6-11/h3-8,10H,1-2H3,(H,18,19)/t10-/m1/s1. The van der Waals surface area contributed by atoms with Crippen molar-refractivity contribution in [2.24, 2.45) is 0 Å². The molecule has 5 heteroatoms. The van der Waals surface area contributed by atoms with E-state index in [4.69, 9.17) is 11.6 Å². The Kier molecular flexibility index (Phi) is 4.12. The Morgan fingerprint density at radius 1 is 1.32 bits per heavy atom.